The number of rotatable bonds is 6. The van der Waals surface area contributed by atoms with E-state index in [1.54, 1.807) is 5.32 Å². The van der Waals surface area contributed by atoms with E-state index in [0.717, 1.165) is 22.5 Å². The summed E-state index contributed by atoms with van der Waals surface area (Å²) in [5.41, 5.74) is -0.714. The summed E-state index contributed by atoms with van der Waals surface area (Å²) >= 11 is 0. The Kier molecular flexibility index (Phi) is 7.34. The first kappa shape index (κ1) is 23.9. The van der Waals surface area contributed by atoms with E-state index in [-0.39, 0.29) is 25.9 Å². The zero-order valence-corrected chi connectivity index (χ0v) is 16.1. The number of oxime groups is 1. The molecule has 168 valence electrons. The van der Waals surface area contributed by atoms with Crippen LogP contribution in [-0.2, 0) is 25.8 Å². The first-order valence-corrected chi connectivity index (χ1v) is 9.91. The fourth-order valence-corrected chi connectivity index (χ4v) is 3.98. The van der Waals surface area contributed by atoms with E-state index in [4.69, 9.17) is 0 Å². The lowest BCUT2D eigenvalue weighted by molar-refractivity contribution is -0.141. The predicted octanol–water partition coefficient (Wildman–Crippen LogP) is 2.54. The third kappa shape index (κ3) is 6.86. The third-order valence-electron chi connectivity index (χ3n) is 3.97. The van der Waals surface area contributed by atoms with E-state index in [9.17, 15) is 39.6 Å². The Bertz CT molecular complexity index is 889. The molecule has 1 aromatic carbocycles. The summed E-state index contributed by atoms with van der Waals surface area (Å²) in [5.74, 6) is -1.03. The highest BCUT2D eigenvalue weighted by atomic mass is 32.2. The molecule has 0 spiro atoms. The number of hydrogen-bond acceptors (Lipinski definition) is 5. The van der Waals surface area contributed by atoms with Gasteiger partial charge in [0.1, 0.15) is 6.54 Å². The van der Waals surface area contributed by atoms with Crippen LogP contribution in [-0.4, -0.2) is 56.8 Å². The lowest BCUT2D eigenvalue weighted by Crippen LogP contribution is -2.39. The molecule has 0 bridgehead atoms. The van der Waals surface area contributed by atoms with Crippen LogP contribution in [0.5, 0.6) is 0 Å². The largest absolute Gasteiger partial charge is 0.416 e. The van der Waals surface area contributed by atoms with Crippen LogP contribution in [0.2, 0.25) is 0 Å². The fraction of sp³-hybridized carbons (Fsp3) is 0.500. The summed E-state index contributed by atoms with van der Waals surface area (Å²) in [7, 11) is -4.16. The van der Waals surface area contributed by atoms with Gasteiger partial charge in [0, 0.05) is 25.9 Å². The minimum absolute atomic E-state index is 0.0823. The molecule has 1 aromatic rings. The smallest absolute Gasteiger partial charge is 0.386 e. The van der Waals surface area contributed by atoms with E-state index in [0.29, 0.717) is 11.8 Å². The van der Waals surface area contributed by atoms with Gasteiger partial charge in [0.15, 0.2) is 6.61 Å². The van der Waals surface area contributed by atoms with Crippen molar-refractivity contribution in [3.8, 4) is 0 Å². The fourth-order valence-electron chi connectivity index (χ4n) is 2.49. The molecule has 1 N–H and O–H groups in total. The lowest BCUT2D eigenvalue weighted by atomic mass is 10.1. The van der Waals surface area contributed by atoms with Gasteiger partial charge in [-0.3, -0.25) is 4.79 Å². The Morgan fingerprint density at radius 3 is 2.33 bits per heavy atom. The second kappa shape index (κ2) is 9.20. The zero-order chi connectivity index (χ0) is 22.6. The van der Waals surface area contributed by atoms with Gasteiger partial charge in [0.05, 0.1) is 16.2 Å². The number of benzene rings is 1. The second-order valence-corrected chi connectivity index (χ2v) is 8.19. The third-order valence-corrected chi connectivity index (χ3v) is 5.87. The standard InChI is InChI=1S/C16H17F6N3O4S/c17-15(18,19)10-23-14(26)9-29-24-12-4-6-25(7-5-12)30(27,28)13-3-1-2-11(8-13)16(20,21)22/h1-3,8H,4-7,9-10H2,(H,23,26). The molecule has 30 heavy (non-hydrogen) atoms. The molecule has 1 fully saturated rings. The number of alkyl halides is 6. The molecule has 0 radical (unpaired) electrons. The normalized spacial score (nSPS) is 16.3. The quantitative estimate of drug-likeness (QED) is 0.521. The molecule has 0 aromatic heterocycles. The number of nitrogens with zero attached hydrogens (tertiary/aromatic N) is 2. The van der Waals surface area contributed by atoms with Crippen LogP contribution in [0.4, 0.5) is 26.3 Å². The summed E-state index contributed by atoms with van der Waals surface area (Å²) in [6.45, 7) is -2.41. The Morgan fingerprint density at radius 1 is 1.13 bits per heavy atom. The molecule has 1 aliphatic heterocycles. The van der Waals surface area contributed by atoms with Gasteiger partial charge in [-0.05, 0) is 18.2 Å². The van der Waals surface area contributed by atoms with Crippen molar-refractivity contribution in [2.45, 2.75) is 30.1 Å². The summed E-state index contributed by atoms with van der Waals surface area (Å²) in [6, 6.07) is 3.39. The highest BCUT2D eigenvalue weighted by Crippen LogP contribution is 2.31. The summed E-state index contributed by atoms with van der Waals surface area (Å²) in [5, 5.41) is 5.20. The van der Waals surface area contributed by atoms with Crippen molar-refractivity contribution in [1.82, 2.24) is 9.62 Å². The number of amides is 1. The van der Waals surface area contributed by atoms with Gasteiger partial charge in [0.25, 0.3) is 5.91 Å². The predicted molar refractivity (Wildman–Crippen MR) is 91.9 cm³/mol. The van der Waals surface area contributed by atoms with Crippen LogP contribution in [0.25, 0.3) is 0 Å². The highest BCUT2D eigenvalue weighted by Gasteiger charge is 2.34. The molecule has 14 heteroatoms. The van der Waals surface area contributed by atoms with E-state index in [2.05, 4.69) is 9.99 Å². The summed E-state index contributed by atoms with van der Waals surface area (Å²) < 4.78 is 100. The number of carbonyl (C=O) groups excluding carboxylic acids is 1. The van der Waals surface area contributed by atoms with Crippen molar-refractivity contribution in [2.75, 3.05) is 26.2 Å². The molecule has 0 aliphatic carbocycles. The SMILES string of the molecule is O=C(CON=C1CCN(S(=O)(=O)c2cccc(C(F)(F)F)c2)CC1)NCC(F)(F)F. The van der Waals surface area contributed by atoms with E-state index < -0.39 is 51.9 Å². The minimum atomic E-state index is -4.68. The number of sulfonamides is 1. The Balaban J connectivity index is 1.90. The molecular weight excluding hydrogens is 444 g/mol. The van der Waals surface area contributed by atoms with Crippen LogP contribution in [0.3, 0.4) is 0 Å². The van der Waals surface area contributed by atoms with Gasteiger partial charge in [0.2, 0.25) is 10.0 Å². The van der Waals surface area contributed by atoms with Gasteiger partial charge in [-0.1, -0.05) is 11.2 Å². The van der Waals surface area contributed by atoms with E-state index in [1.165, 1.54) is 0 Å². The molecule has 0 unspecified atom stereocenters. The number of carbonyl (C=O) groups is 1. The second-order valence-electron chi connectivity index (χ2n) is 6.25. The first-order chi connectivity index (χ1) is 13.8. The minimum Gasteiger partial charge on any atom is -0.386 e. The Hall–Kier alpha value is -2.35. The summed E-state index contributed by atoms with van der Waals surface area (Å²) in [4.78, 5) is 15.4. The maximum Gasteiger partial charge on any atom is 0.416 e. The van der Waals surface area contributed by atoms with Crippen molar-refractivity contribution in [1.29, 1.82) is 0 Å². The topological polar surface area (TPSA) is 88.1 Å². The van der Waals surface area contributed by atoms with E-state index >= 15 is 0 Å². The Labute approximate surface area is 167 Å². The molecular formula is C16H17F6N3O4S. The van der Waals surface area contributed by atoms with Crippen LogP contribution in [0.15, 0.2) is 34.3 Å². The van der Waals surface area contributed by atoms with Crippen LogP contribution < -0.4 is 5.32 Å². The molecule has 1 saturated heterocycles. The van der Waals surface area contributed by atoms with Gasteiger partial charge >= 0.3 is 12.4 Å². The number of halogens is 6. The molecule has 1 aliphatic rings. The van der Waals surface area contributed by atoms with Crippen LogP contribution in [0, 0.1) is 0 Å². The molecule has 0 atom stereocenters. The number of piperidine rings is 1. The lowest BCUT2D eigenvalue weighted by Gasteiger charge is -2.26. The molecule has 0 saturated carbocycles. The Morgan fingerprint density at radius 2 is 1.77 bits per heavy atom. The van der Waals surface area contributed by atoms with Gasteiger partial charge < -0.3 is 10.2 Å². The average molecular weight is 461 g/mol. The van der Waals surface area contributed by atoms with Gasteiger partial charge in [-0.25, -0.2) is 8.42 Å². The number of nitrogens with one attached hydrogen (secondary N) is 1. The molecule has 2 rings (SSSR count). The summed E-state index contributed by atoms with van der Waals surface area (Å²) in [6.07, 6.45) is -9.07. The zero-order valence-electron chi connectivity index (χ0n) is 15.3. The van der Waals surface area contributed by atoms with E-state index in [1.807, 2.05) is 0 Å². The average Bonchev–Trinajstić information content (AvgIpc) is 2.66. The molecule has 7 nitrogen and oxygen atoms in total. The first-order valence-electron chi connectivity index (χ1n) is 8.47. The maximum absolute atomic E-state index is 12.8. The monoisotopic (exact) mass is 461 g/mol. The van der Waals surface area contributed by atoms with Crippen LogP contribution >= 0.6 is 0 Å². The van der Waals surface area contributed by atoms with Crippen molar-refractivity contribution in [2.24, 2.45) is 5.16 Å². The molecule has 1 amide bonds. The highest BCUT2D eigenvalue weighted by molar-refractivity contribution is 7.89. The molecule has 1 heterocycles. The van der Waals surface area contributed by atoms with Crippen molar-refractivity contribution >= 4 is 21.6 Å². The van der Waals surface area contributed by atoms with Gasteiger partial charge in [-0.2, -0.15) is 30.6 Å². The maximum atomic E-state index is 12.8. The van der Waals surface area contributed by atoms with Gasteiger partial charge in [-0.15, -0.1) is 0 Å². The van der Waals surface area contributed by atoms with Crippen LogP contribution in [0.1, 0.15) is 18.4 Å². The van der Waals surface area contributed by atoms with Crippen molar-refractivity contribution in [3.05, 3.63) is 29.8 Å². The van der Waals surface area contributed by atoms with Crippen molar-refractivity contribution < 1.29 is 44.4 Å². The number of hydrogen-bond donors (Lipinski definition) is 1. The van der Waals surface area contributed by atoms with Crippen molar-refractivity contribution in [3.63, 3.8) is 0 Å².